The van der Waals surface area contributed by atoms with Crippen LogP contribution in [-0.2, 0) is 6.54 Å². The van der Waals surface area contributed by atoms with Gasteiger partial charge in [-0.2, -0.15) is 0 Å². The normalized spacial score (nSPS) is 16.6. The predicted molar refractivity (Wildman–Crippen MR) is 111 cm³/mol. The van der Waals surface area contributed by atoms with Crippen LogP contribution in [0.4, 0.5) is 11.4 Å². The van der Waals surface area contributed by atoms with Crippen molar-refractivity contribution in [1.82, 2.24) is 9.88 Å². The molecule has 3 aromatic rings. The third-order valence-corrected chi connectivity index (χ3v) is 7.00. The highest BCUT2D eigenvalue weighted by Gasteiger charge is 2.20. The van der Waals surface area contributed by atoms with Gasteiger partial charge in [-0.05, 0) is 44.1 Å². The second-order valence-electron chi connectivity index (χ2n) is 6.87. The molecule has 1 fully saturated rings. The molecular formula is C21H21N3S2. The van der Waals surface area contributed by atoms with Gasteiger partial charge in [0.1, 0.15) is 5.01 Å². The van der Waals surface area contributed by atoms with Crippen molar-refractivity contribution in [3.8, 4) is 11.3 Å². The number of hydrogen-bond donors (Lipinski definition) is 1. The number of piperidine rings is 1. The van der Waals surface area contributed by atoms with E-state index < -0.39 is 0 Å². The molecule has 0 radical (unpaired) electrons. The molecule has 2 aromatic carbocycles. The Kier molecular flexibility index (Phi) is 4.44. The summed E-state index contributed by atoms with van der Waals surface area (Å²) in [4.78, 5) is 10.1. The number of benzene rings is 2. The van der Waals surface area contributed by atoms with Crippen molar-refractivity contribution < 1.29 is 0 Å². The minimum atomic E-state index is 0.991. The smallest absolute Gasteiger partial charge is 0.107 e. The summed E-state index contributed by atoms with van der Waals surface area (Å²) in [6, 6.07) is 15.0. The molecule has 2 aliphatic rings. The fourth-order valence-electron chi connectivity index (χ4n) is 3.69. The molecule has 0 saturated carbocycles. The molecule has 3 nitrogen and oxygen atoms in total. The highest BCUT2D eigenvalue weighted by atomic mass is 32.2. The number of aromatic nitrogens is 1. The summed E-state index contributed by atoms with van der Waals surface area (Å²) in [5.41, 5.74) is 4.66. The molecule has 3 heterocycles. The van der Waals surface area contributed by atoms with Gasteiger partial charge < -0.3 is 5.32 Å². The summed E-state index contributed by atoms with van der Waals surface area (Å²) in [5, 5.41) is 7.07. The van der Waals surface area contributed by atoms with Crippen LogP contribution in [0.5, 0.6) is 0 Å². The third-order valence-electron chi connectivity index (χ3n) is 5.03. The Balaban J connectivity index is 1.43. The Labute approximate surface area is 162 Å². The van der Waals surface area contributed by atoms with Crippen LogP contribution >= 0.6 is 23.1 Å². The molecule has 5 heteroatoms. The fourth-order valence-corrected chi connectivity index (χ4v) is 5.54. The first-order valence-electron chi connectivity index (χ1n) is 9.21. The lowest BCUT2D eigenvalue weighted by molar-refractivity contribution is 0.220. The number of fused-ring (bicyclic) bond motifs is 2. The monoisotopic (exact) mass is 379 g/mol. The highest BCUT2D eigenvalue weighted by molar-refractivity contribution is 7.99. The van der Waals surface area contributed by atoms with Crippen molar-refractivity contribution in [3.63, 3.8) is 0 Å². The summed E-state index contributed by atoms with van der Waals surface area (Å²) in [6.07, 6.45) is 4.02. The minimum absolute atomic E-state index is 0.991. The number of nitrogens with zero attached hydrogens (tertiary/aromatic N) is 2. The first kappa shape index (κ1) is 16.4. The van der Waals surface area contributed by atoms with Crippen LogP contribution in [0.1, 0.15) is 24.3 Å². The van der Waals surface area contributed by atoms with Crippen molar-refractivity contribution in [2.45, 2.75) is 35.6 Å². The molecule has 1 N–H and O–H groups in total. The molecule has 5 rings (SSSR count). The van der Waals surface area contributed by atoms with Gasteiger partial charge in [-0.3, -0.25) is 4.90 Å². The first-order valence-corrected chi connectivity index (χ1v) is 10.9. The molecule has 132 valence electrons. The number of thiazole rings is 1. The number of hydrogen-bond acceptors (Lipinski definition) is 5. The lowest BCUT2D eigenvalue weighted by atomic mass is 10.1. The van der Waals surface area contributed by atoms with E-state index >= 15 is 0 Å². The van der Waals surface area contributed by atoms with Crippen molar-refractivity contribution in [3.05, 3.63) is 52.9 Å². The number of nitrogens with one attached hydrogen (secondary N) is 1. The van der Waals surface area contributed by atoms with E-state index in [0.717, 1.165) is 12.2 Å². The van der Waals surface area contributed by atoms with Gasteiger partial charge in [-0.25, -0.2) is 4.98 Å². The van der Waals surface area contributed by atoms with E-state index in [9.17, 15) is 0 Å². The number of rotatable bonds is 3. The van der Waals surface area contributed by atoms with Crippen molar-refractivity contribution in [2.75, 3.05) is 18.4 Å². The molecule has 0 bridgehead atoms. The quantitative estimate of drug-likeness (QED) is 0.472. The van der Waals surface area contributed by atoms with E-state index in [0.29, 0.717) is 0 Å². The molecule has 2 aliphatic heterocycles. The second-order valence-corrected chi connectivity index (χ2v) is 8.89. The molecule has 0 aliphatic carbocycles. The third kappa shape index (κ3) is 3.15. The summed E-state index contributed by atoms with van der Waals surface area (Å²) in [7, 11) is 0. The summed E-state index contributed by atoms with van der Waals surface area (Å²) >= 11 is 3.62. The van der Waals surface area contributed by atoms with Crippen LogP contribution < -0.4 is 5.32 Å². The van der Waals surface area contributed by atoms with Gasteiger partial charge in [0, 0.05) is 20.7 Å². The molecule has 0 unspecified atom stereocenters. The second kappa shape index (κ2) is 7.06. The van der Waals surface area contributed by atoms with Crippen LogP contribution in [0.25, 0.3) is 11.3 Å². The zero-order valence-electron chi connectivity index (χ0n) is 14.6. The lowest BCUT2D eigenvalue weighted by Gasteiger charge is -2.25. The zero-order chi connectivity index (χ0) is 17.3. The number of anilines is 2. The summed E-state index contributed by atoms with van der Waals surface area (Å²) in [5.74, 6) is 0. The highest BCUT2D eigenvalue weighted by Crippen LogP contribution is 2.47. The maximum absolute atomic E-state index is 4.97. The van der Waals surface area contributed by atoms with E-state index in [-0.39, 0.29) is 0 Å². The minimum Gasteiger partial charge on any atom is -0.353 e. The van der Waals surface area contributed by atoms with Gasteiger partial charge in [0.25, 0.3) is 0 Å². The van der Waals surface area contributed by atoms with Crippen LogP contribution in [0.2, 0.25) is 0 Å². The topological polar surface area (TPSA) is 28.2 Å². The molecule has 1 aromatic heterocycles. The Bertz CT molecular complexity index is 929. The van der Waals surface area contributed by atoms with Gasteiger partial charge >= 0.3 is 0 Å². The number of para-hydroxylation sites is 2. The van der Waals surface area contributed by atoms with Crippen LogP contribution in [-0.4, -0.2) is 23.0 Å². The standard InChI is InChI=1S/C21H21N3S2/c1-4-11-24(12-5-1)13-20-22-17(14-25-20)15-7-6-10-19-21(15)23-16-8-2-3-9-18(16)26-19/h2-3,6-10,14,23H,1,4-5,11-13H2. The maximum atomic E-state index is 4.97. The Morgan fingerprint density at radius 2 is 1.81 bits per heavy atom. The average Bonchev–Trinajstić information content (AvgIpc) is 3.15. The van der Waals surface area contributed by atoms with E-state index in [1.165, 1.54) is 64.1 Å². The molecular weight excluding hydrogens is 358 g/mol. The van der Waals surface area contributed by atoms with E-state index in [2.05, 4.69) is 58.1 Å². The van der Waals surface area contributed by atoms with Gasteiger partial charge in [-0.1, -0.05) is 42.4 Å². The molecule has 26 heavy (non-hydrogen) atoms. The Morgan fingerprint density at radius 3 is 2.73 bits per heavy atom. The molecule has 1 saturated heterocycles. The molecule has 0 atom stereocenters. The summed E-state index contributed by atoms with van der Waals surface area (Å²) < 4.78 is 0. The van der Waals surface area contributed by atoms with Crippen molar-refractivity contribution >= 4 is 34.5 Å². The SMILES string of the molecule is c1ccc2c(c1)Nc1c(cccc1-c1csc(CN3CCCCC3)n1)S2. The van der Waals surface area contributed by atoms with Crippen molar-refractivity contribution in [2.24, 2.45) is 0 Å². The Hall–Kier alpha value is -1.82. The van der Waals surface area contributed by atoms with Crippen LogP contribution in [0, 0.1) is 0 Å². The zero-order valence-corrected chi connectivity index (χ0v) is 16.2. The predicted octanol–water partition coefficient (Wildman–Crippen LogP) is 6.00. The van der Waals surface area contributed by atoms with Crippen LogP contribution in [0.3, 0.4) is 0 Å². The Morgan fingerprint density at radius 1 is 0.962 bits per heavy atom. The summed E-state index contributed by atoms with van der Waals surface area (Å²) in [6.45, 7) is 3.42. The maximum Gasteiger partial charge on any atom is 0.107 e. The van der Waals surface area contributed by atoms with Gasteiger partial charge in [0.15, 0.2) is 0 Å². The fraction of sp³-hybridized carbons (Fsp3) is 0.286. The van der Waals surface area contributed by atoms with E-state index in [1.54, 1.807) is 11.3 Å². The van der Waals surface area contributed by atoms with Gasteiger partial charge in [-0.15, -0.1) is 11.3 Å². The number of likely N-dealkylation sites (tertiary alicyclic amines) is 1. The van der Waals surface area contributed by atoms with E-state index in [1.807, 2.05) is 11.8 Å². The largest absolute Gasteiger partial charge is 0.353 e. The van der Waals surface area contributed by atoms with Gasteiger partial charge in [0.05, 0.1) is 23.6 Å². The van der Waals surface area contributed by atoms with Crippen molar-refractivity contribution in [1.29, 1.82) is 0 Å². The first-order chi connectivity index (χ1) is 12.9. The molecule has 0 spiro atoms. The van der Waals surface area contributed by atoms with Crippen LogP contribution in [0.15, 0.2) is 57.6 Å². The van der Waals surface area contributed by atoms with E-state index in [4.69, 9.17) is 4.98 Å². The lowest BCUT2D eigenvalue weighted by Crippen LogP contribution is -2.28. The van der Waals surface area contributed by atoms with Gasteiger partial charge in [0.2, 0.25) is 0 Å². The molecule has 0 amide bonds. The average molecular weight is 380 g/mol.